The quantitative estimate of drug-likeness (QED) is 0.917. The van der Waals surface area contributed by atoms with Crippen molar-refractivity contribution in [2.24, 2.45) is 0 Å². The zero-order valence-corrected chi connectivity index (χ0v) is 13.1. The Bertz CT molecular complexity index is 643. The van der Waals surface area contributed by atoms with Gasteiger partial charge in [-0.2, -0.15) is 0 Å². The van der Waals surface area contributed by atoms with Crippen molar-refractivity contribution >= 4 is 5.91 Å². The second-order valence-electron chi connectivity index (χ2n) is 6.10. The van der Waals surface area contributed by atoms with Crippen molar-refractivity contribution in [1.29, 1.82) is 0 Å². The maximum atomic E-state index is 12.9. The monoisotopic (exact) mass is 316 g/mol. The molecule has 0 unspecified atom stereocenters. The third-order valence-corrected chi connectivity index (χ3v) is 4.31. The fraction of sp³-hybridized carbons (Fsp3) is 0.444. The molecule has 1 saturated carbocycles. The summed E-state index contributed by atoms with van der Waals surface area (Å²) in [5.74, 6) is -0.0454. The standard InChI is InChI=1S/C18H21FN2O2/c19-14-10-8-13(9-11-14)17-12-16(21-23-17)18(22)20-15-6-4-2-1-3-5-7-15/h8-12,15H,1-7H2,(H,20,22). The van der Waals surface area contributed by atoms with Crippen LogP contribution in [0.5, 0.6) is 0 Å². The van der Waals surface area contributed by atoms with Crippen LogP contribution in [0.15, 0.2) is 34.9 Å². The van der Waals surface area contributed by atoms with Gasteiger partial charge in [0.15, 0.2) is 11.5 Å². The van der Waals surface area contributed by atoms with Gasteiger partial charge in [0.2, 0.25) is 0 Å². The maximum absolute atomic E-state index is 12.9. The molecule has 1 amide bonds. The first-order chi connectivity index (χ1) is 11.2. The number of aromatic nitrogens is 1. The summed E-state index contributed by atoms with van der Waals surface area (Å²) in [5, 5.41) is 6.90. The molecule has 1 aliphatic carbocycles. The molecule has 122 valence electrons. The topological polar surface area (TPSA) is 55.1 Å². The molecule has 4 nitrogen and oxygen atoms in total. The fourth-order valence-electron chi connectivity index (χ4n) is 2.99. The van der Waals surface area contributed by atoms with Gasteiger partial charge in [-0.25, -0.2) is 4.39 Å². The Hall–Kier alpha value is -2.17. The summed E-state index contributed by atoms with van der Waals surface area (Å²) in [6.45, 7) is 0. The van der Waals surface area contributed by atoms with Gasteiger partial charge < -0.3 is 9.84 Å². The van der Waals surface area contributed by atoms with Gasteiger partial charge in [0.1, 0.15) is 5.82 Å². The van der Waals surface area contributed by atoms with E-state index in [0.29, 0.717) is 11.3 Å². The van der Waals surface area contributed by atoms with Crippen LogP contribution in [0.3, 0.4) is 0 Å². The van der Waals surface area contributed by atoms with Gasteiger partial charge in [-0.15, -0.1) is 0 Å². The summed E-state index contributed by atoms with van der Waals surface area (Å²) in [6, 6.07) is 7.73. The highest BCUT2D eigenvalue weighted by Crippen LogP contribution is 2.21. The highest BCUT2D eigenvalue weighted by Gasteiger charge is 2.18. The zero-order valence-electron chi connectivity index (χ0n) is 13.1. The van der Waals surface area contributed by atoms with Gasteiger partial charge in [-0.05, 0) is 37.1 Å². The molecule has 0 radical (unpaired) electrons. The smallest absolute Gasteiger partial charge is 0.273 e. The molecule has 1 N–H and O–H groups in total. The predicted octanol–water partition coefficient (Wildman–Crippen LogP) is 4.32. The molecule has 23 heavy (non-hydrogen) atoms. The lowest BCUT2D eigenvalue weighted by Gasteiger charge is -2.20. The van der Waals surface area contributed by atoms with E-state index in [0.717, 1.165) is 25.7 Å². The van der Waals surface area contributed by atoms with E-state index in [1.165, 1.54) is 31.4 Å². The highest BCUT2D eigenvalue weighted by atomic mass is 19.1. The first-order valence-corrected chi connectivity index (χ1v) is 8.26. The van der Waals surface area contributed by atoms with Crippen LogP contribution in [0.4, 0.5) is 4.39 Å². The molecule has 0 saturated heterocycles. The van der Waals surface area contributed by atoms with E-state index in [9.17, 15) is 9.18 Å². The summed E-state index contributed by atoms with van der Waals surface area (Å²) in [7, 11) is 0. The molecule has 3 rings (SSSR count). The summed E-state index contributed by atoms with van der Waals surface area (Å²) in [4.78, 5) is 12.3. The number of carbonyl (C=O) groups excluding carboxylic acids is 1. The largest absolute Gasteiger partial charge is 0.355 e. The summed E-state index contributed by atoms with van der Waals surface area (Å²) < 4.78 is 18.2. The van der Waals surface area contributed by atoms with E-state index in [2.05, 4.69) is 10.5 Å². The molecule has 0 aliphatic heterocycles. The third-order valence-electron chi connectivity index (χ3n) is 4.31. The van der Waals surface area contributed by atoms with E-state index < -0.39 is 0 Å². The van der Waals surface area contributed by atoms with Crippen molar-refractivity contribution in [3.05, 3.63) is 41.8 Å². The Labute approximate surface area is 135 Å². The van der Waals surface area contributed by atoms with Gasteiger partial charge >= 0.3 is 0 Å². The SMILES string of the molecule is O=C(NC1CCCCCCC1)c1cc(-c2ccc(F)cc2)on1. The predicted molar refractivity (Wildman–Crippen MR) is 85.5 cm³/mol. The van der Waals surface area contributed by atoms with E-state index in [1.54, 1.807) is 18.2 Å². The Morgan fingerprint density at radius 1 is 1.09 bits per heavy atom. The molecule has 1 aliphatic rings. The van der Waals surface area contributed by atoms with Gasteiger partial charge in [-0.1, -0.05) is 37.3 Å². The number of carbonyl (C=O) groups is 1. The van der Waals surface area contributed by atoms with E-state index in [4.69, 9.17) is 4.52 Å². The van der Waals surface area contributed by atoms with Crippen molar-refractivity contribution in [2.45, 2.75) is 51.0 Å². The van der Waals surface area contributed by atoms with Gasteiger partial charge in [0.25, 0.3) is 5.91 Å². The lowest BCUT2D eigenvalue weighted by atomic mass is 9.96. The Morgan fingerprint density at radius 3 is 2.43 bits per heavy atom. The molecule has 0 bridgehead atoms. The van der Waals surface area contributed by atoms with Crippen LogP contribution in [0, 0.1) is 5.82 Å². The number of amides is 1. The van der Waals surface area contributed by atoms with Gasteiger partial charge in [-0.3, -0.25) is 4.79 Å². The number of benzene rings is 1. The average molecular weight is 316 g/mol. The minimum Gasteiger partial charge on any atom is -0.355 e. The number of halogens is 1. The molecule has 1 aromatic carbocycles. The molecular formula is C18H21FN2O2. The van der Waals surface area contributed by atoms with E-state index in [-0.39, 0.29) is 23.5 Å². The van der Waals surface area contributed by atoms with E-state index in [1.807, 2.05) is 0 Å². The van der Waals surface area contributed by atoms with Crippen LogP contribution < -0.4 is 5.32 Å². The second-order valence-corrected chi connectivity index (χ2v) is 6.10. The number of nitrogens with one attached hydrogen (secondary N) is 1. The van der Waals surface area contributed by atoms with Crippen molar-refractivity contribution < 1.29 is 13.7 Å². The first-order valence-electron chi connectivity index (χ1n) is 8.26. The number of hydrogen-bond donors (Lipinski definition) is 1. The second kappa shape index (κ2) is 7.40. The lowest BCUT2D eigenvalue weighted by molar-refractivity contribution is 0.0921. The fourth-order valence-corrected chi connectivity index (χ4v) is 2.99. The maximum Gasteiger partial charge on any atom is 0.273 e. The Morgan fingerprint density at radius 2 is 1.74 bits per heavy atom. The summed E-state index contributed by atoms with van der Waals surface area (Å²) in [5.41, 5.74) is 0.968. The van der Waals surface area contributed by atoms with Crippen molar-refractivity contribution in [3.63, 3.8) is 0 Å². The van der Waals surface area contributed by atoms with Gasteiger partial charge in [0, 0.05) is 17.7 Å². The molecule has 1 heterocycles. The Balaban J connectivity index is 1.64. The Kier molecular flexibility index (Phi) is 5.05. The zero-order chi connectivity index (χ0) is 16.1. The van der Waals surface area contributed by atoms with Crippen LogP contribution in [0.25, 0.3) is 11.3 Å². The van der Waals surface area contributed by atoms with Crippen LogP contribution >= 0.6 is 0 Å². The highest BCUT2D eigenvalue weighted by molar-refractivity contribution is 5.93. The number of hydrogen-bond acceptors (Lipinski definition) is 3. The molecule has 0 spiro atoms. The van der Waals surface area contributed by atoms with Crippen LogP contribution in [0.2, 0.25) is 0 Å². The molecule has 2 aromatic rings. The molecule has 1 fully saturated rings. The van der Waals surface area contributed by atoms with Crippen LogP contribution in [0.1, 0.15) is 55.4 Å². The van der Waals surface area contributed by atoms with E-state index >= 15 is 0 Å². The minimum atomic E-state index is -0.310. The van der Waals surface area contributed by atoms with Crippen LogP contribution in [-0.2, 0) is 0 Å². The summed E-state index contributed by atoms with van der Waals surface area (Å²) >= 11 is 0. The molecule has 0 atom stereocenters. The number of nitrogens with zero attached hydrogens (tertiary/aromatic N) is 1. The molecular weight excluding hydrogens is 295 g/mol. The molecule has 5 heteroatoms. The first kappa shape index (κ1) is 15.7. The lowest BCUT2D eigenvalue weighted by Crippen LogP contribution is -2.35. The van der Waals surface area contributed by atoms with Crippen molar-refractivity contribution in [3.8, 4) is 11.3 Å². The van der Waals surface area contributed by atoms with Crippen molar-refractivity contribution in [1.82, 2.24) is 10.5 Å². The summed E-state index contributed by atoms with van der Waals surface area (Å²) in [6.07, 6.45) is 8.14. The van der Waals surface area contributed by atoms with Crippen LogP contribution in [-0.4, -0.2) is 17.1 Å². The third kappa shape index (κ3) is 4.18. The average Bonchev–Trinajstić information content (AvgIpc) is 3.00. The van der Waals surface area contributed by atoms with Gasteiger partial charge in [0.05, 0.1) is 0 Å². The number of rotatable bonds is 3. The normalized spacial score (nSPS) is 16.6. The minimum absolute atomic E-state index is 0.201. The molecule has 1 aromatic heterocycles. The van der Waals surface area contributed by atoms with Crippen molar-refractivity contribution in [2.75, 3.05) is 0 Å².